The summed E-state index contributed by atoms with van der Waals surface area (Å²) in [5.74, 6) is -0.120. The lowest BCUT2D eigenvalue weighted by Crippen LogP contribution is -2.26. The average Bonchev–Trinajstić information content (AvgIpc) is 3.28. The van der Waals surface area contributed by atoms with E-state index in [-0.39, 0.29) is 12.5 Å². The predicted octanol–water partition coefficient (Wildman–Crippen LogP) is 5.00. The number of carbonyl (C=O) groups is 1. The molecule has 0 spiro atoms. The molecule has 0 fully saturated rings. The third kappa shape index (κ3) is 6.30. The molecule has 5 aromatic rings. The van der Waals surface area contributed by atoms with Gasteiger partial charge in [-0.15, -0.1) is 4.74 Å². The highest BCUT2D eigenvalue weighted by atomic mass is 16.5. The maximum absolute atomic E-state index is 13.0. The summed E-state index contributed by atoms with van der Waals surface area (Å²) in [5.41, 5.74) is 6.08. The summed E-state index contributed by atoms with van der Waals surface area (Å²) >= 11 is 0. The van der Waals surface area contributed by atoms with E-state index in [1.807, 2.05) is 105 Å². The van der Waals surface area contributed by atoms with Gasteiger partial charge in [0.15, 0.2) is 0 Å². The Morgan fingerprint density at radius 1 is 0.875 bits per heavy atom. The quantitative estimate of drug-likeness (QED) is 0.286. The van der Waals surface area contributed by atoms with Gasteiger partial charge >= 0.3 is 11.4 Å². The van der Waals surface area contributed by atoms with Crippen LogP contribution >= 0.6 is 0 Å². The maximum atomic E-state index is 13.0. The van der Waals surface area contributed by atoms with Crippen LogP contribution in [-0.2, 0) is 19.7 Å². The second-order valence-corrected chi connectivity index (χ2v) is 9.66. The first kappa shape index (κ1) is 26.5. The summed E-state index contributed by atoms with van der Waals surface area (Å²) in [6.45, 7) is 3.09. The third-order valence-electron chi connectivity index (χ3n) is 6.60. The van der Waals surface area contributed by atoms with Crippen molar-refractivity contribution in [3.8, 4) is 16.9 Å². The molecule has 0 saturated heterocycles. The van der Waals surface area contributed by atoms with Gasteiger partial charge in [-0.2, -0.15) is 0 Å². The van der Waals surface area contributed by atoms with Gasteiger partial charge in [-0.3, -0.25) is 4.79 Å². The average molecular weight is 536 g/mol. The monoisotopic (exact) mass is 535 g/mol. The maximum Gasteiger partial charge on any atom is 0.440 e. The number of benzene rings is 4. The van der Waals surface area contributed by atoms with E-state index < -0.39 is 11.4 Å². The fraction of sp³-hybridized carbons (Fsp3) is 0.156. The number of nitrogens with zero attached hydrogens (tertiary/aromatic N) is 2. The molecule has 0 atom stereocenters. The zero-order valence-electron chi connectivity index (χ0n) is 22.3. The molecular formula is C32H29N3O5. The van der Waals surface area contributed by atoms with Crippen LogP contribution in [0.1, 0.15) is 32.6 Å². The Morgan fingerprint density at radius 2 is 1.62 bits per heavy atom. The predicted molar refractivity (Wildman–Crippen MR) is 152 cm³/mol. The zero-order valence-corrected chi connectivity index (χ0v) is 22.3. The molecule has 0 aliphatic heterocycles. The van der Waals surface area contributed by atoms with Gasteiger partial charge in [-0.1, -0.05) is 66.7 Å². The number of aromatic nitrogens is 2. The Hall–Kier alpha value is -5.11. The zero-order chi connectivity index (χ0) is 28.1. The van der Waals surface area contributed by atoms with Crippen LogP contribution in [0.15, 0.2) is 111 Å². The Labute approximate surface area is 231 Å². The number of aryl methyl sites for hydroxylation is 1. The topological polar surface area (TPSA) is 97.5 Å². The molecule has 1 amide bonds. The number of ether oxygens (including phenoxy) is 1. The third-order valence-corrected chi connectivity index (χ3v) is 6.60. The summed E-state index contributed by atoms with van der Waals surface area (Å²) in [6, 6.07) is 31.1. The number of aromatic amines is 1. The highest BCUT2D eigenvalue weighted by Crippen LogP contribution is 2.26. The van der Waals surface area contributed by atoms with Crippen LogP contribution in [0.2, 0.25) is 0 Å². The first-order valence-corrected chi connectivity index (χ1v) is 12.9. The van der Waals surface area contributed by atoms with Gasteiger partial charge in [-0.05, 0) is 70.6 Å². The smallest absolute Gasteiger partial charge is 0.440 e. The van der Waals surface area contributed by atoms with Crippen molar-refractivity contribution in [3.63, 3.8) is 0 Å². The van der Waals surface area contributed by atoms with E-state index in [2.05, 4.69) is 11.1 Å². The number of amides is 1. The number of nitrogens with one attached hydrogen (secondary N) is 1. The summed E-state index contributed by atoms with van der Waals surface area (Å²) in [4.78, 5) is 39.6. The van der Waals surface area contributed by atoms with E-state index in [1.54, 1.807) is 4.90 Å². The summed E-state index contributed by atoms with van der Waals surface area (Å²) in [5, 5.41) is 0. The number of rotatable bonds is 9. The van der Waals surface area contributed by atoms with Crippen LogP contribution in [-0.4, -0.2) is 27.6 Å². The van der Waals surface area contributed by atoms with Crippen molar-refractivity contribution in [2.75, 3.05) is 7.05 Å². The standard InChI is InChI=1S/C32H29N3O5/c1-22-17-27(30(36)34(2)19-23-7-4-3-5-8-23)13-16-29(22)26-10-6-9-25(18-26)21-39-28-14-11-24(12-15-28)20-35-31(37)33-32(38)40-35/h3-18H,19-21H2,1-2H3,(H,33,37,38). The minimum Gasteiger partial charge on any atom is -0.489 e. The SMILES string of the molecule is Cc1cc(C(=O)N(C)Cc2ccccc2)ccc1-c1cccc(COc2ccc(Cn3oc(=O)[nH]c3=O)cc2)c1. The fourth-order valence-electron chi connectivity index (χ4n) is 4.54. The van der Waals surface area contributed by atoms with Crippen LogP contribution < -0.4 is 16.2 Å². The van der Waals surface area contributed by atoms with Gasteiger partial charge in [0.1, 0.15) is 12.4 Å². The minimum atomic E-state index is -0.779. The highest BCUT2D eigenvalue weighted by molar-refractivity contribution is 5.95. The molecule has 0 bridgehead atoms. The lowest BCUT2D eigenvalue weighted by Gasteiger charge is -2.18. The number of H-pyrrole nitrogens is 1. The summed E-state index contributed by atoms with van der Waals surface area (Å²) in [6.07, 6.45) is 0. The fourth-order valence-corrected chi connectivity index (χ4v) is 4.54. The van der Waals surface area contributed by atoms with E-state index in [9.17, 15) is 14.4 Å². The molecule has 1 N–H and O–H groups in total. The number of hydrogen-bond acceptors (Lipinski definition) is 5. The largest absolute Gasteiger partial charge is 0.489 e. The Bertz CT molecular complexity index is 1730. The molecule has 0 aliphatic carbocycles. The molecule has 8 nitrogen and oxygen atoms in total. The highest BCUT2D eigenvalue weighted by Gasteiger charge is 2.14. The van der Waals surface area contributed by atoms with Gasteiger partial charge < -0.3 is 14.2 Å². The Balaban J connectivity index is 1.22. The van der Waals surface area contributed by atoms with Crippen LogP contribution in [0.25, 0.3) is 11.1 Å². The van der Waals surface area contributed by atoms with Gasteiger partial charge in [0.25, 0.3) is 5.91 Å². The van der Waals surface area contributed by atoms with Crippen molar-refractivity contribution in [2.45, 2.75) is 26.6 Å². The lowest BCUT2D eigenvalue weighted by atomic mass is 9.97. The van der Waals surface area contributed by atoms with E-state index in [4.69, 9.17) is 9.26 Å². The van der Waals surface area contributed by atoms with Crippen molar-refractivity contribution in [1.82, 2.24) is 14.6 Å². The first-order chi connectivity index (χ1) is 19.4. The van der Waals surface area contributed by atoms with E-state index >= 15 is 0 Å². The molecule has 5 rings (SSSR count). The van der Waals surface area contributed by atoms with Gasteiger partial charge in [0.05, 0.1) is 6.54 Å². The van der Waals surface area contributed by atoms with Gasteiger partial charge in [-0.25, -0.2) is 14.6 Å². The molecule has 40 heavy (non-hydrogen) atoms. The van der Waals surface area contributed by atoms with Crippen molar-refractivity contribution in [1.29, 1.82) is 0 Å². The molecule has 1 aromatic heterocycles. The van der Waals surface area contributed by atoms with Crippen molar-refractivity contribution < 1.29 is 14.1 Å². The van der Waals surface area contributed by atoms with Crippen LogP contribution in [0.4, 0.5) is 0 Å². The van der Waals surface area contributed by atoms with E-state index in [1.165, 1.54) is 0 Å². The molecule has 8 heteroatoms. The van der Waals surface area contributed by atoms with Crippen molar-refractivity contribution >= 4 is 5.91 Å². The second kappa shape index (κ2) is 11.7. The van der Waals surface area contributed by atoms with Crippen LogP contribution in [0.3, 0.4) is 0 Å². The Morgan fingerprint density at radius 3 is 2.33 bits per heavy atom. The van der Waals surface area contributed by atoms with Crippen molar-refractivity contribution in [2.24, 2.45) is 0 Å². The van der Waals surface area contributed by atoms with Gasteiger partial charge in [0, 0.05) is 19.2 Å². The number of carbonyl (C=O) groups excluding carboxylic acids is 1. The molecule has 202 valence electrons. The molecule has 0 radical (unpaired) electrons. The van der Waals surface area contributed by atoms with Crippen LogP contribution in [0, 0.1) is 6.92 Å². The van der Waals surface area contributed by atoms with E-state index in [0.717, 1.165) is 38.1 Å². The molecule has 0 saturated carbocycles. The van der Waals surface area contributed by atoms with Gasteiger partial charge in [0.2, 0.25) is 0 Å². The Kier molecular flexibility index (Phi) is 7.77. The molecule has 0 aliphatic rings. The molecular weight excluding hydrogens is 506 g/mol. The molecule has 4 aromatic carbocycles. The normalized spacial score (nSPS) is 10.8. The minimum absolute atomic E-state index is 0.0172. The molecule has 0 unspecified atom stereocenters. The van der Waals surface area contributed by atoms with Crippen LogP contribution in [0.5, 0.6) is 5.75 Å². The number of hydrogen-bond donors (Lipinski definition) is 1. The summed E-state index contributed by atoms with van der Waals surface area (Å²) in [7, 11) is 1.82. The van der Waals surface area contributed by atoms with Crippen molar-refractivity contribution in [3.05, 3.63) is 146 Å². The lowest BCUT2D eigenvalue weighted by molar-refractivity contribution is 0.0785. The summed E-state index contributed by atoms with van der Waals surface area (Å²) < 4.78 is 11.7. The van der Waals surface area contributed by atoms with E-state index in [0.29, 0.717) is 24.5 Å². The first-order valence-electron chi connectivity index (χ1n) is 12.9. The second-order valence-electron chi connectivity index (χ2n) is 9.66. The molecule has 1 heterocycles.